The lowest BCUT2D eigenvalue weighted by atomic mass is 10.0. The molecular weight excluding hydrogens is 566 g/mol. The maximum Gasteiger partial charge on any atom is 0.326 e. The van der Waals surface area contributed by atoms with Gasteiger partial charge in [0.25, 0.3) is 0 Å². The van der Waals surface area contributed by atoms with Crippen molar-refractivity contribution in [3.05, 3.63) is 35.9 Å². The molecule has 1 aromatic rings. The first-order chi connectivity index (χ1) is 20.3. The van der Waals surface area contributed by atoms with Crippen LogP contribution in [0.5, 0.6) is 0 Å². The monoisotopic (exact) mass is 607 g/mol. The van der Waals surface area contributed by atoms with E-state index >= 15 is 0 Å². The number of amides is 3. The Morgan fingerprint density at radius 3 is 1.72 bits per heavy atom. The van der Waals surface area contributed by atoms with Crippen LogP contribution in [-0.2, 0) is 44.9 Å². The molecule has 0 aromatic heterocycles. The summed E-state index contributed by atoms with van der Waals surface area (Å²) < 4.78 is 5.18. The average molecular weight is 608 g/mol. The molecule has 43 heavy (non-hydrogen) atoms. The molecule has 0 aliphatic rings. The summed E-state index contributed by atoms with van der Waals surface area (Å²) in [6, 6.07) is 5.00. The van der Waals surface area contributed by atoms with Crippen LogP contribution in [0.4, 0.5) is 0 Å². The van der Waals surface area contributed by atoms with Gasteiger partial charge >= 0.3 is 23.9 Å². The third kappa shape index (κ3) is 16.5. The summed E-state index contributed by atoms with van der Waals surface area (Å²) in [5.41, 5.74) is 0.834. The molecular formula is C29H41N3O11. The minimum Gasteiger partial charge on any atom is -0.481 e. The van der Waals surface area contributed by atoms with Crippen LogP contribution >= 0.6 is 0 Å². The standard InChI is InChI=1S/C29H41N3O11/c1-18(2)16-22(29(41)42)32-28(40)21(13-15-25(36)37)31-27(39)20(12-14-24(34)35)30-23(33)10-6-7-11-26(38)43-17-19-8-4-3-5-9-19/h3-5,8-9,18,20-22H,6-7,10-17H2,1-2H3,(H,30,33)(H,31,39)(H,32,40)(H,34,35)(H,36,37)(H,41,42)/t20-,21-,22-/m0/s1. The molecule has 3 atom stereocenters. The topological polar surface area (TPSA) is 225 Å². The predicted octanol–water partition coefficient (Wildman–Crippen LogP) is 1.60. The van der Waals surface area contributed by atoms with Gasteiger partial charge in [0.15, 0.2) is 0 Å². The third-order valence-corrected chi connectivity index (χ3v) is 6.18. The Bertz CT molecular complexity index is 1110. The molecule has 6 N–H and O–H groups in total. The van der Waals surface area contributed by atoms with Crippen molar-refractivity contribution in [1.29, 1.82) is 0 Å². The number of hydrogen-bond donors (Lipinski definition) is 6. The maximum absolute atomic E-state index is 13.0. The molecule has 0 bridgehead atoms. The molecule has 0 aliphatic carbocycles. The van der Waals surface area contributed by atoms with Gasteiger partial charge in [0.2, 0.25) is 17.7 Å². The van der Waals surface area contributed by atoms with Gasteiger partial charge in [0.1, 0.15) is 24.7 Å². The summed E-state index contributed by atoms with van der Waals surface area (Å²) in [7, 11) is 0. The first-order valence-electron chi connectivity index (χ1n) is 14.0. The average Bonchev–Trinajstić information content (AvgIpc) is 2.93. The van der Waals surface area contributed by atoms with Gasteiger partial charge < -0.3 is 36.0 Å². The summed E-state index contributed by atoms with van der Waals surface area (Å²) in [4.78, 5) is 84.2. The van der Waals surface area contributed by atoms with Gasteiger partial charge in [-0.2, -0.15) is 0 Å². The van der Waals surface area contributed by atoms with E-state index in [0.717, 1.165) is 5.56 Å². The van der Waals surface area contributed by atoms with Gasteiger partial charge in [-0.25, -0.2) is 4.79 Å². The molecule has 238 valence electrons. The Morgan fingerprint density at radius 1 is 0.698 bits per heavy atom. The molecule has 3 amide bonds. The highest BCUT2D eigenvalue weighted by molar-refractivity contribution is 5.93. The highest BCUT2D eigenvalue weighted by Crippen LogP contribution is 2.09. The molecule has 0 saturated carbocycles. The fourth-order valence-electron chi connectivity index (χ4n) is 3.94. The van der Waals surface area contributed by atoms with Crippen molar-refractivity contribution in [1.82, 2.24) is 16.0 Å². The molecule has 14 nitrogen and oxygen atoms in total. The van der Waals surface area contributed by atoms with Gasteiger partial charge in [-0.15, -0.1) is 0 Å². The van der Waals surface area contributed by atoms with Crippen molar-refractivity contribution in [2.24, 2.45) is 5.92 Å². The van der Waals surface area contributed by atoms with Crippen molar-refractivity contribution in [3.8, 4) is 0 Å². The van der Waals surface area contributed by atoms with Crippen molar-refractivity contribution in [2.75, 3.05) is 0 Å². The zero-order valence-corrected chi connectivity index (χ0v) is 24.4. The van der Waals surface area contributed by atoms with Crippen LogP contribution < -0.4 is 16.0 Å². The number of rotatable bonds is 21. The highest BCUT2D eigenvalue weighted by Gasteiger charge is 2.30. The highest BCUT2D eigenvalue weighted by atomic mass is 16.5. The quantitative estimate of drug-likeness (QED) is 0.0869. The Kier molecular flexibility index (Phi) is 16.7. The van der Waals surface area contributed by atoms with Crippen molar-refractivity contribution in [2.45, 2.75) is 96.4 Å². The SMILES string of the molecule is CC(C)C[C@H](NC(=O)[C@H](CCC(=O)O)NC(=O)[C@H](CCC(=O)O)NC(=O)CCCCC(=O)OCc1ccccc1)C(=O)O. The number of unbranched alkanes of at least 4 members (excludes halogenated alkanes) is 1. The first kappa shape index (κ1) is 36.5. The van der Waals surface area contributed by atoms with Gasteiger partial charge in [-0.05, 0) is 43.6 Å². The van der Waals surface area contributed by atoms with Crippen LogP contribution in [0.3, 0.4) is 0 Å². The van der Waals surface area contributed by atoms with E-state index in [-0.39, 0.29) is 51.0 Å². The third-order valence-electron chi connectivity index (χ3n) is 6.18. The predicted molar refractivity (Wildman–Crippen MR) is 151 cm³/mol. The smallest absolute Gasteiger partial charge is 0.326 e. The molecule has 0 radical (unpaired) electrons. The van der Waals surface area contributed by atoms with Crippen LogP contribution in [0.2, 0.25) is 0 Å². The van der Waals surface area contributed by atoms with E-state index < -0.39 is 72.6 Å². The number of carboxylic acids is 3. The number of carbonyl (C=O) groups is 7. The lowest BCUT2D eigenvalue weighted by molar-refractivity contribution is -0.145. The molecule has 0 unspecified atom stereocenters. The molecule has 0 spiro atoms. The van der Waals surface area contributed by atoms with E-state index in [1.807, 2.05) is 30.3 Å². The zero-order chi connectivity index (χ0) is 32.4. The molecule has 1 aromatic carbocycles. The second-order valence-corrected chi connectivity index (χ2v) is 10.4. The van der Waals surface area contributed by atoms with Crippen LogP contribution in [-0.4, -0.2) is 75.0 Å². The normalized spacial score (nSPS) is 12.8. The Balaban J connectivity index is 2.75. The van der Waals surface area contributed by atoms with Crippen LogP contribution in [0, 0.1) is 5.92 Å². The van der Waals surface area contributed by atoms with Crippen LogP contribution in [0.15, 0.2) is 30.3 Å². The number of nitrogens with one attached hydrogen (secondary N) is 3. The fourth-order valence-corrected chi connectivity index (χ4v) is 3.94. The Hall–Kier alpha value is -4.49. The largest absolute Gasteiger partial charge is 0.481 e. The van der Waals surface area contributed by atoms with Gasteiger partial charge in [-0.3, -0.25) is 28.8 Å². The van der Waals surface area contributed by atoms with Gasteiger partial charge in [0.05, 0.1) is 0 Å². The summed E-state index contributed by atoms with van der Waals surface area (Å²) in [5, 5.41) is 34.7. The van der Waals surface area contributed by atoms with Gasteiger partial charge in [-0.1, -0.05) is 44.2 Å². The number of esters is 1. The molecule has 0 heterocycles. The number of hydrogen-bond acceptors (Lipinski definition) is 8. The minimum absolute atomic E-state index is 0.0670. The van der Waals surface area contributed by atoms with E-state index in [9.17, 15) is 38.7 Å². The molecule has 1 rings (SSSR count). The minimum atomic E-state index is -1.45. The number of benzene rings is 1. The van der Waals surface area contributed by atoms with Crippen LogP contribution in [0.25, 0.3) is 0 Å². The Morgan fingerprint density at radius 2 is 1.21 bits per heavy atom. The second kappa shape index (κ2) is 19.6. The summed E-state index contributed by atoms with van der Waals surface area (Å²) in [5.74, 6) is -6.79. The number of aliphatic carboxylic acids is 3. The number of ether oxygens (including phenoxy) is 1. The Labute approximate surface area is 249 Å². The lowest BCUT2D eigenvalue weighted by Crippen LogP contribution is -2.56. The molecule has 0 saturated heterocycles. The van der Waals surface area contributed by atoms with Gasteiger partial charge in [0, 0.05) is 25.7 Å². The summed E-state index contributed by atoms with van der Waals surface area (Å²) >= 11 is 0. The van der Waals surface area contributed by atoms with E-state index in [0.29, 0.717) is 6.42 Å². The first-order valence-corrected chi connectivity index (χ1v) is 14.0. The van der Waals surface area contributed by atoms with Crippen molar-refractivity contribution >= 4 is 41.6 Å². The maximum atomic E-state index is 13.0. The summed E-state index contributed by atoms with van der Waals surface area (Å²) in [6.45, 7) is 3.62. The second-order valence-electron chi connectivity index (χ2n) is 10.4. The lowest BCUT2D eigenvalue weighted by Gasteiger charge is -2.24. The number of carbonyl (C=O) groups excluding carboxylic acids is 4. The van der Waals surface area contributed by atoms with E-state index in [1.165, 1.54) is 0 Å². The van der Waals surface area contributed by atoms with E-state index in [4.69, 9.17) is 14.9 Å². The fraction of sp³-hybridized carbons (Fsp3) is 0.552. The summed E-state index contributed by atoms with van der Waals surface area (Å²) in [6.07, 6.45) is -1.05. The van der Waals surface area contributed by atoms with E-state index in [2.05, 4.69) is 16.0 Å². The molecule has 0 fully saturated rings. The van der Waals surface area contributed by atoms with E-state index in [1.54, 1.807) is 13.8 Å². The molecule has 14 heteroatoms. The van der Waals surface area contributed by atoms with Crippen molar-refractivity contribution < 1.29 is 53.6 Å². The number of carboxylic acid groups (broad SMARTS) is 3. The van der Waals surface area contributed by atoms with Crippen LogP contribution in [0.1, 0.15) is 77.2 Å². The molecule has 0 aliphatic heterocycles. The van der Waals surface area contributed by atoms with Crippen molar-refractivity contribution in [3.63, 3.8) is 0 Å². The zero-order valence-electron chi connectivity index (χ0n) is 24.4.